The van der Waals surface area contributed by atoms with Crippen LogP contribution in [-0.4, -0.2) is 35.9 Å². The quantitative estimate of drug-likeness (QED) is 0.661. The number of aromatic nitrogens is 2. The molecule has 0 bridgehead atoms. The van der Waals surface area contributed by atoms with E-state index in [0.717, 1.165) is 23.3 Å². The highest BCUT2D eigenvalue weighted by molar-refractivity contribution is 7.98. The summed E-state index contributed by atoms with van der Waals surface area (Å²) in [5.41, 5.74) is 0. The molecule has 19 heavy (non-hydrogen) atoms. The number of hydrogen-bond acceptors (Lipinski definition) is 5. The number of rotatable bonds is 5. The van der Waals surface area contributed by atoms with Crippen molar-refractivity contribution < 1.29 is 0 Å². The maximum absolute atomic E-state index is 4.69. The Morgan fingerprint density at radius 3 is 2.95 bits per heavy atom. The van der Waals surface area contributed by atoms with Gasteiger partial charge in [-0.3, -0.25) is 0 Å². The van der Waals surface area contributed by atoms with Crippen LogP contribution in [-0.2, 0) is 0 Å². The van der Waals surface area contributed by atoms with Gasteiger partial charge in [0.1, 0.15) is 11.6 Å². The van der Waals surface area contributed by atoms with Crippen molar-refractivity contribution in [3.8, 4) is 0 Å². The van der Waals surface area contributed by atoms with Gasteiger partial charge in [-0.1, -0.05) is 25.1 Å². The molecule has 0 amide bonds. The van der Waals surface area contributed by atoms with Gasteiger partial charge in [-0.15, -0.1) is 0 Å². The molecule has 1 aliphatic rings. The number of nitrogens with zero attached hydrogens (tertiary/aromatic N) is 3. The zero-order valence-corrected chi connectivity index (χ0v) is 13.0. The third kappa shape index (κ3) is 3.53. The zero-order valence-electron chi connectivity index (χ0n) is 12.1. The molecule has 5 heteroatoms. The lowest BCUT2D eigenvalue weighted by Crippen LogP contribution is -2.40. The minimum Gasteiger partial charge on any atom is -0.373 e. The SMILES string of the molecule is CCCC1CCCCN1c1cc(NC)nc(SC)n1. The van der Waals surface area contributed by atoms with Gasteiger partial charge in [0, 0.05) is 25.7 Å². The van der Waals surface area contributed by atoms with Crippen molar-refractivity contribution >= 4 is 23.4 Å². The second-order valence-electron chi connectivity index (χ2n) is 4.98. The van der Waals surface area contributed by atoms with Crippen LogP contribution in [0.4, 0.5) is 11.6 Å². The summed E-state index contributed by atoms with van der Waals surface area (Å²) in [6.45, 7) is 3.39. The van der Waals surface area contributed by atoms with E-state index in [9.17, 15) is 0 Å². The molecule has 106 valence electrons. The number of piperidine rings is 1. The Labute approximate surface area is 120 Å². The molecule has 2 heterocycles. The lowest BCUT2D eigenvalue weighted by Gasteiger charge is -2.36. The predicted octanol–water partition coefficient (Wildman–Crippen LogP) is 3.40. The topological polar surface area (TPSA) is 41.0 Å². The average Bonchev–Trinajstić information content (AvgIpc) is 2.47. The molecule has 0 radical (unpaired) electrons. The van der Waals surface area contributed by atoms with Gasteiger partial charge in [-0.25, -0.2) is 9.97 Å². The molecule has 1 aromatic heterocycles. The highest BCUT2D eigenvalue weighted by Crippen LogP contribution is 2.28. The van der Waals surface area contributed by atoms with Crippen molar-refractivity contribution in [1.29, 1.82) is 0 Å². The Morgan fingerprint density at radius 1 is 1.42 bits per heavy atom. The van der Waals surface area contributed by atoms with Crippen LogP contribution >= 0.6 is 11.8 Å². The van der Waals surface area contributed by atoms with Gasteiger partial charge in [0.05, 0.1) is 0 Å². The van der Waals surface area contributed by atoms with Crippen molar-refractivity contribution in [2.45, 2.75) is 50.2 Å². The summed E-state index contributed by atoms with van der Waals surface area (Å²) in [4.78, 5) is 11.6. The van der Waals surface area contributed by atoms with Gasteiger partial charge in [-0.05, 0) is 31.9 Å². The Morgan fingerprint density at radius 2 is 2.26 bits per heavy atom. The molecule has 2 rings (SSSR count). The molecular weight excluding hydrogens is 256 g/mol. The van der Waals surface area contributed by atoms with E-state index in [2.05, 4.69) is 28.2 Å². The maximum atomic E-state index is 4.69. The van der Waals surface area contributed by atoms with E-state index in [1.165, 1.54) is 32.1 Å². The van der Waals surface area contributed by atoms with E-state index in [1.807, 2.05) is 13.3 Å². The molecule has 1 aliphatic heterocycles. The predicted molar refractivity (Wildman–Crippen MR) is 83.3 cm³/mol. The minimum atomic E-state index is 0.646. The maximum Gasteiger partial charge on any atom is 0.191 e. The standard InChI is InChI=1S/C14H24N4S/c1-4-7-11-8-5-6-9-18(11)13-10-12(15-2)16-14(17-13)19-3/h10-11H,4-9H2,1-3H3,(H,15,16,17). The van der Waals surface area contributed by atoms with E-state index in [0.29, 0.717) is 6.04 Å². The van der Waals surface area contributed by atoms with E-state index in [4.69, 9.17) is 4.98 Å². The number of thioether (sulfide) groups is 1. The molecule has 1 aromatic rings. The fraction of sp³-hybridized carbons (Fsp3) is 0.714. The van der Waals surface area contributed by atoms with Crippen LogP contribution in [0.2, 0.25) is 0 Å². The molecular formula is C14H24N4S. The molecule has 0 saturated carbocycles. The third-order valence-electron chi connectivity index (χ3n) is 3.67. The average molecular weight is 280 g/mol. The van der Waals surface area contributed by atoms with Crippen molar-refractivity contribution in [1.82, 2.24) is 9.97 Å². The van der Waals surface area contributed by atoms with Crippen LogP contribution in [0, 0.1) is 0 Å². The summed E-state index contributed by atoms with van der Waals surface area (Å²) in [5, 5.41) is 3.99. The van der Waals surface area contributed by atoms with Crippen molar-refractivity contribution in [3.05, 3.63) is 6.07 Å². The van der Waals surface area contributed by atoms with Crippen molar-refractivity contribution in [3.63, 3.8) is 0 Å². The molecule has 0 aromatic carbocycles. The number of nitrogens with one attached hydrogen (secondary N) is 1. The Bertz CT molecular complexity index is 386. The summed E-state index contributed by atoms with van der Waals surface area (Å²) in [6, 6.07) is 2.72. The minimum absolute atomic E-state index is 0.646. The third-order valence-corrected chi connectivity index (χ3v) is 4.22. The lowest BCUT2D eigenvalue weighted by molar-refractivity contribution is 0.431. The fourth-order valence-electron chi connectivity index (χ4n) is 2.71. The molecule has 0 spiro atoms. The molecule has 1 atom stereocenters. The first-order chi connectivity index (χ1) is 9.28. The first-order valence-electron chi connectivity index (χ1n) is 7.16. The summed E-state index contributed by atoms with van der Waals surface area (Å²) in [6.07, 6.45) is 8.43. The van der Waals surface area contributed by atoms with Crippen molar-refractivity contribution in [2.75, 3.05) is 30.1 Å². The Hall–Kier alpha value is -0.970. The van der Waals surface area contributed by atoms with Crippen LogP contribution in [0.1, 0.15) is 39.0 Å². The van der Waals surface area contributed by atoms with E-state index in [-0.39, 0.29) is 0 Å². The van der Waals surface area contributed by atoms with Crippen molar-refractivity contribution in [2.24, 2.45) is 0 Å². The molecule has 1 N–H and O–H groups in total. The summed E-state index contributed by atoms with van der Waals surface area (Å²) < 4.78 is 0. The van der Waals surface area contributed by atoms with Gasteiger partial charge in [0.15, 0.2) is 5.16 Å². The lowest BCUT2D eigenvalue weighted by atomic mass is 9.98. The molecule has 1 saturated heterocycles. The highest BCUT2D eigenvalue weighted by atomic mass is 32.2. The molecule has 0 aliphatic carbocycles. The first-order valence-corrected chi connectivity index (χ1v) is 8.38. The Balaban J connectivity index is 2.26. The number of anilines is 2. The number of hydrogen-bond donors (Lipinski definition) is 1. The summed E-state index contributed by atoms with van der Waals surface area (Å²) in [7, 11) is 1.91. The summed E-state index contributed by atoms with van der Waals surface area (Å²) in [5.74, 6) is 2.00. The van der Waals surface area contributed by atoms with Crippen LogP contribution in [0.25, 0.3) is 0 Å². The van der Waals surface area contributed by atoms with Gasteiger partial charge in [0.2, 0.25) is 0 Å². The van der Waals surface area contributed by atoms with Crippen LogP contribution < -0.4 is 10.2 Å². The summed E-state index contributed by atoms with van der Waals surface area (Å²) >= 11 is 1.60. The smallest absolute Gasteiger partial charge is 0.191 e. The molecule has 4 nitrogen and oxygen atoms in total. The fourth-order valence-corrected chi connectivity index (χ4v) is 3.09. The highest BCUT2D eigenvalue weighted by Gasteiger charge is 2.23. The molecule has 1 unspecified atom stereocenters. The second kappa shape index (κ2) is 6.98. The van der Waals surface area contributed by atoms with E-state index in [1.54, 1.807) is 11.8 Å². The van der Waals surface area contributed by atoms with Crippen LogP contribution in [0.3, 0.4) is 0 Å². The monoisotopic (exact) mass is 280 g/mol. The Kier molecular flexibility index (Phi) is 5.31. The van der Waals surface area contributed by atoms with Crippen LogP contribution in [0.5, 0.6) is 0 Å². The van der Waals surface area contributed by atoms with Gasteiger partial charge in [0.25, 0.3) is 0 Å². The van der Waals surface area contributed by atoms with E-state index < -0.39 is 0 Å². The zero-order chi connectivity index (χ0) is 13.7. The molecule has 1 fully saturated rings. The van der Waals surface area contributed by atoms with E-state index >= 15 is 0 Å². The largest absolute Gasteiger partial charge is 0.373 e. The normalized spacial score (nSPS) is 19.5. The second-order valence-corrected chi connectivity index (χ2v) is 5.75. The van der Waals surface area contributed by atoms with Gasteiger partial charge < -0.3 is 10.2 Å². The van der Waals surface area contributed by atoms with Crippen LogP contribution in [0.15, 0.2) is 11.2 Å². The first kappa shape index (κ1) is 14.4. The van der Waals surface area contributed by atoms with Gasteiger partial charge >= 0.3 is 0 Å². The van der Waals surface area contributed by atoms with Gasteiger partial charge in [-0.2, -0.15) is 0 Å².